The summed E-state index contributed by atoms with van der Waals surface area (Å²) in [5, 5.41) is 18.0. The number of carbonyl (C=O) groups excluding carboxylic acids is 2. The molecule has 0 radical (unpaired) electrons. The molecule has 3 atom stereocenters. The van der Waals surface area contributed by atoms with E-state index in [0.29, 0.717) is 13.0 Å². The second-order valence-corrected chi connectivity index (χ2v) is 7.47. The molecule has 1 aliphatic heterocycles. The van der Waals surface area contributed by atoms with Crippen LogP contribution in [0, 0.1) is 0 Å². The molecule has 0 saturated heterocycles. The number of anilines is 1. The maximum absolute atomic E-state index is 12.7. The van der Waals surface area contributed by atoms with Crippen molar-refractivity contribution in [2.24, 2.45) is 0 Å². The Labute approximate surface area is 181 Å². The van der Waals surface area contributed by atoms with Gasteiger partial charge in [0.05, 0.1) is 0 Å². The number of benzene rings is 2. The van der Waals surface area contributed by atoms with E-state index in [9.17, 15) is 19.5 Å². The number of hydrogen-bond acceptors (Lipinski definition) is 5. The van der Waals surface area contributed by atoms with E-state index in [-0.39, 0.29) is 18.9 Å². The van der Waals surface area contributed by atoms with Gasteiger partial charge in [-0.1, -0.05) is 55.5 Å². The highest BCUT2D eigenvalue weighted by atomic mass is 16.5. The predicted molar refractivity (Wildman–Crippen MR) is 116 cm³/mol. The first-order chi connectivity index (χ1) is 15.0. The van der Waals surface area contributed by atoms with E-state index in [1.165, 1.54) is 0 Å². The molecule has 0 aromatic heterocycles. The number of carboxylic acids is 1. The van der Waals surface area contributed by atoms with Gasteiger partial charge in [-0.3, -0.25) is 4.79 Å². The quantitative estimate of drug-likeness (QED) is 0.491. The largest absolute Gasteiger partial charge is 0.480 e. The van der Waals surface area contributed by atoms with Gasteiger partial charge in [-0.05, 0) is 30.0 Å². The zero-order valence-electron chi connectivity index (χ0n) is 17.3. The highest BCUT2D eigenvalue weighted by molar-refractivity contribution is 5.89. The summed E-state index contributed by atoms with van der Waals surface area (Å²) in [6.07, 6.45) is -0.182. The van der Waals surface area contributed by atoms with E-state index < -0.39 is 30.1 Å². The molecule has 0 bridgehead atoms. The Morgan fingerprint density at radius 2 is 1.77 bits per heavy atom. The third-order valence-electron chi connectivity index (χ3n) is 5.30. The van der Waals surface area contributed by atoms with Crippen LogP contribution in [0.15, 0.2) is 54.6 Å². The number of ether oxygens (including phenoxy) is 1. The van der Waals surface area contributed by atoms with Crippen molar-refractivity contribution in [1.29, 1.82) is 0 Å². The van der Waals surface area contributed by atoms with Crippen LogP contribution in [-0.2, 0) is 20.9 Å². The van der Waals surface area contributed by atoms with E-state index in [1.807, 2.05) is 54.6 Å². The number of nitrogens with one attached hydrogen (secondary N) is 3. The van der Waals surface area contributed by atoms with Crippen LogP contribution in [0.5, 0.6) is 0 Å². The van der Waals surface area contributed by atoms with Crippen LogP contribution >= 0.6 is 0 Å². The van der Waals surface area contributed by atoms with E-state index in [2.05, 4.69) is 16.0 Å². The first-order valence-electron chi connectivity index (χ1n) is 10.3. The fourth-order valence-electron chi connectivity index (χ4n) is 3.61. The Morgan fingerprint density at radius 3 is 2.48 bits per heavy atom. The monoisotopic (exact) mass is 425 g/mol. The zero-order valence-corrected chi connectivity index (χ0v) is 17.3. The Hall–Kier alpha value is -3.55. The predicted octanol–water partition coefficient (Wildman–Crippen LogP) is 2.86. The molecule has 3 rings (SSSR count). The van der Waals surface area contributed by atoms with Crippen LogP contribution in [0.4, 0.5) is 10.5 Å². The van der Waals surface area contributed by atoms with E-state index in [4.69, 9.17) is 4.74 Å². The summed E-state index contributed by atoms with van der Waals surface area (Å²) in [5.41, 5.74) is 2.85. The molecule has 1 aliphatic rings. The van der Waals surface area contributed by atoms with E-state index in [1.54, 1.807) is 6.92 Å². The van der Waals surface area contributed by atoms with Gasteiger partial charge in [-0.15, -0.1) is 0 Å². The molecule has 0 saturated carbocycles. The molecule has 0 spiro atoms. The number of para-hydroxylation sites is 1. The van der Waals surface area contributed by atoms with Crippen molar-refractivity contribution in [3.8, 4) is 0 Å². The lowest BCUT2D eigenvalue weighted by Gasteiger charge is -2.22. The van der Waals surface area contributed by atoms with Crippen LogP contribution in [0.2, 0.25) is 0 Å². The van der Waals surface area contributed by atoms with Crippen molar-refractivity contribution in [2.45, 2.75) is 44.4 Å². The molecular weight excluding hydrogens is 398 g/mol. The topological polar surface area (TPSA) is 117 Å². The summed E-state index contributed by atoms with van der Waals surface area (Å²) in [7, 11) is 0. The Balaban J connectivity index is 1.55. The fourth-order valence-corrected chi connectivity index (χ4v) is 3.61. The average molecular weight is 425 g/mol. The molecule has 2 amide bonds. The van der Waals surface area contributed by atoms with Gasteiger partial charge in [-0.25, -0.2) is 9.59 Å². The summed E-state index contributed by atoms with van der Waals surface area (Å²) in [4.78, 5) is 36.5. The second kappa shape index (κ2) is 10.5. The molecule has 2 aromatic carbocycles. The smallest absolute Gasteiger partial charge is 0.408 e. The molecular formula is C23H27N3O5. The van der Waals surface area contributed by atoms with Gasteiger partial charge in [0.1, 0.15) is 18.7 Å². The van der Waals surface area contributed by atoms with Crippen molar-refractivity contribution in [3.05, 3.63) is 65.7 Å². The molecule has 1 unspecified atom stereocenters. The first kappa shape index (κ1) is 22.1. The number of aliphatic carboxylic acids is 1. The van der Waals surface area contributed by atoms with Gasteiger partial charge in [0.25, 0.3) is 0 Å². The summed E-state index contributed by atoms with van der Waals surface area (Å²) < 4.78 is 5.16. The lowest BCUT2D eigenvalue weighted by atomic mass is 9.93. The van der Waals surface area contributed by atoms with Crippen LogP contribution in [0.3, 0.4) is 0 Å². The average Bonchev–Trinajstić information content (AvgIpc) is 3.19. The van der Waals surface area contributed by atoms with Crippen molar-refractivity contribution < 1.29 is 24.2 Å². The lowest BCUT2D eigenvalue weighted by Crippen LogP contribution is -2.51. The minimum atomic E-state index is -1.11. The number of hydrogen-bond donors (Lipinski definition) is 4. The highest BCUT2D eigenvalue weighted by Gasteiger charge is 2.31. The van der Waals surface area contributed by atoms with Crippen LogP contribution < -0.4 is 16.0 Å². The Morgan fingerprint density at radius 1 is 1.06 bits per heavy atom. The van der Waals surface area contributed by atoms with Gasteiger partial charge in [0.2, 0.25) is 5.91 Å². The summed E-state index contributed by atoms with van der Waals surface area (Å²) >= 11 is 0. The Bertz CT molecular complexity index is 918. The number of alkyl carbamates (subject to hydrolysis) is 1. The van der Waals surface area contributed by atoms with Crippen LogP contribution in [-0.4, -0.2) is 41.7 Å². The number of carbonyl (C=O) groups is 3. The highest BCUT2D eigenvalue weighted by Crippen LogP contribution is 2.34. The Kier molecular flexibility index (Phi) is 7.48. The van der Waals surface area contributed by atoms with Gasteiger partial charge >= 0.3 is 12.1 Å². The zero-order chi connectivity index (χ0) is 22.2. The molecule has 1 heterocycles. The SMILES string of the molecule is CC[C@@H](NC(=O)OCc1ccccc1)C(=O)N[C@@H](CC1CNc2ccccc21)C(=O)O. The van der Waals surface area contributed by atoms with Crippen molar-refractivity contribution in [3.63, 3.8) is 0 Å². The maximum Gasteiger partial charge on any atom is 0.408 e. The summed E-state index contributed by atoms with van der Waals surface area (Å²) in [6, 6.07) is 15.0. The van der Waals surface area contributed by atoms with E-state index >= 15 is 0 Å². The van der Waals surface area contributed by atoms with Crippen LogP contribution in [0.25, 0.3) is 0 Å². The molecule has 0 fully saturated rings. The number of rotatable bonds is 9. The molecule has 4 N–H and O–H groups in total. The number of carboxylic acid groups (broad SMARTS) is 1. The molecule has 31 heavy (non-hydrogen) atoms. The molecule has 8 heteroatoms. The molecule has 8 nitrogen and oxygen atoms in total. The standard InChI is InChI=1S/C23H27N3O5/c1-2-18(26-23(30)31-14-15-8-4-3-5-9-15)21(27)25-20(22(28)29)12-16-13-24-19-11-7-6-10-17(16)19/h3-11,16,18,20,24H,2,12-14H2,1H3,(H,25,27)(H,26,30)(H,28,29)/t16?,18-,20+/m1/s1. The van der Waals surface area contributed by atoms with Gasteiger partial charge in [-0.2, -0.15) is 0 Å². The van der Waals surface area contributed by atoms with Gasteiger partial charge < -0.3 is 25.8 Å². The summed E-state index contributed by atoms with van der Waals surface area (Å²) in [6.45, 7) is 2.42. The third-order valence-corrected chi connectivity index (χ3v) is 5.30. The van der Waals surface area contributed by atoms with Crippen molar-refractivity contribution >= 4 is 23.7 Å². The number of fused-ring (bicyclic) bond motifs is 1. The van der Waals surface area contributed by atoms with Crippen LogP contribution in [0.1, 0.15) is 36.8 Å². The van der Waals surface area contributed by atoms with Crippen molar-refractivity contribution in [2.75, 3.05) is 11.9 Å². The summed E-state index contributed by atoms with van der Waals surface area (Å²) in [5.74, 6) is -1.69. The van der Waals surface area contributed by atoms with E-state index in [0.717, 1.165) is 16.8 Å². The number of amides is 2. The van der Waals surface area contributed by atoms with Gasteiger partial charge in [0.15, 0.2) is 0 Å². The maximum atomic E-state index is 12.7. The normalized spacial score (nSPS) is 16.4. The molecule has 2 aromatic rings. The lowest BCUT2D eigenvalue weighted by molar-refractivity contribution is -0.142. The molecule has 0 aliphatic carbocycles. The fraction of sp³-hybridized carbons (Fsp3) is 0.348. The van der Waals surface area contributed by atoms with Gasteiger partial charge in [0, 0.05) is 18.2 Å². The minimum Gasteiger partial charge on any atom is -0.480 e. The molecule has 164 valence electrons. The van der Waals surface area contributed by atoms with Crippen molar-refractivity contribution in [1.82, 2.24) is 10.6 Å². The first-order valence-corrected chi connectivity index (χ1v) is 10.3. The third kappa shape index (κ3) is 5.97. The minimum absolute atomic E-state index is 0.0264. The second-order valence-electron chi connectivity index (χ2n) is 7.47.